The van der Waals surface area contributed by atoms with E-state index in [0.29, 0.717) is 0 Å². The molecule has 0 aromatic carbocycles. The Kier molecular flexibility index (Phi) is 10.0. The molecule has 3 nitrogen and oxygen atoms in total. The van der Waals surface area contributed by atoms with Crippen molar-refractivity contribution in [1.29, 1.82) is 0 Å². The van der Waals surface area contributed by atoms with Crippen LogP contribution in [-0.4, -0.2) is 15.0 Å². The van der Waals surface area contributed by atoms with E-state index in [-0.39, 0.29) is 0 Å². The summed E-state index contributed by atoms with van der Waals surface area (Å²) in [4.78, 5) is 13.6. The van der Waals surface area contributed by atoms with E-state index in [4.69, 9.17) is 4.98 Å². The highest BCUT2D eigenvalue weighted by atomic mass is 15.0. The second-order valence-electron chi connectivity index (χ2n) is 6.56. The van der Waals surface area contributed by atoms with E-state index < -0.39 is 0 Å². The molecule has 0 spiro atoms. The van der Waals surface area contributed by atoms with Gasteiger partial charge < -0.3 is 0 Å². The largest absolute Gasteiger partial charge is 0.221 e. The molecule has 0 saturated heterocycles. The van der Waals surface area contributed by atoms with Crippen LogP contribution in [0.5, 0.6) is 0 Å². The smallest absolute Gasteiger partial charge is 0.132 e. The normalized spacial score (nSPS) is 14.0. The van der Waals surface area contributed by atoms with Gasteiger partial charge >= 0.3 is 0 Å². The maximum Gasteiger partial charge on any atom is 0.132 e. The Balaban J connectivity index is 2.60. The molecule has 0 N–H and O–H groups in total. The van der Waals surface area contributed by atoms with Crippen molar-refractivity contribution in [3.05, 3.63) is 18.0 Å². The monoisotopic (exact) mass is 305 g/mol. The van der Waals surface area contributed by atoms with Crippen LogP contribution in [0.3, 0.4) is 0 Å². The van der Waals surface area contributed by atoms with Gasteiger partial charge in [-0.25, -0.2) is 15.0 Å². The van der Waals surface area contributed by atoms with Crippen molar-refractivity contribution in [2.24, 2.45) is 11.8 Å². The van der Waals surface area contributed by atoms with Gasteiger partial charge in [0, 0.05) is 12.8 Å². The third-order valence-electron chi connectivity index (χ3n) is 4.70. The molecule has 0 radical (unpaired) electrons. The Bertz CT molecular complexity index is 359. The summed E-state index contributed by atoms with van der Waals surface area (Å²) in [6, 6.07) is 0. The molecule has 0 aliphatic heterocycles. The zero-order valence-corrected chi connectivity index (χ0v) is 15.1. The molecule has 3 heteroatoms. The van der Waals surface area contributed by atoms with Crippen molar-refractivity contribution in [2.75, 3.05) is 0 Å². The molecule has 2 atom stereocenters. The Morgan fingerprint density at radius 2 is 1.23 bits per heavy atom. The summed E-state index contributed by atoms with van der Waals surface area (Å²) < 4.78 is 0. The number of unbranched alkanes of at least 4 members (excludes halogenated alkanes) is 2. The van der Waals surface area contributed by atoms with Crippen molar-refractivity contribution in [1.82, 2.24) is 15.0 Å². The minimum atomic E-state index is 0.720. The molecule has 22 heavy (non-hydrogen) atoms. The minimum Gasteiger partial charge on any atom is -0.221 e. The van der Waals surface area contributed by atoms with Crippen molar-refractivity contribution in [3.8, 4) is 0 Å². The summed E-state index contributed by atoms with van der Waals surface area (Å²) in [7, 11) is 0. The van der Waals surface area contributed by atoms with Gasteiger partial charge in [0.05, 0.1) is 0 Å². The maximum atomic E-state index is 4.74. The Morgan fingerprint density at radius 1 is 0.773 bits per heavy atom. The van der Waals surface area contributed by atoms with Crippen molar-refractivity contribution in [3.63, 3.8) is 0 Å². The van der Waals surface area contributed by atoms with Gasteiger partial charge in [-0.1, -0.05) is 79.1 Å². The highest BCUT2D eigenvalue weighted by molar-refractivity contribution is 4.93. The minimum absolute atomic E-state index is 0.720. The lowest BCUT2D eigenvalue weighted by Gasteiger charge is -2.15. The number of hydrogen-bond donors (Lipinski definition) is 0. The van der Waals surface area contributed by atoms with Crippen LogP contribution in [0.15, 0.2) is 6.33 Å². The van der Waals surface area contributed by atoms with Crippen LogP contribution in [-0.2, 0) is 12.8 Å². The molecule has 1 aromatic rings. The first-order chi connectivity index (χ1) is 10.7. The Hall–Kier alpha value is -0.990. The number of aromatic nitrogens is 3. The molecule has 0 bridgehead atoms. The summed E-state index contributed by atoms with van der Waals surface area (Å²) in [5.41, 5.74) is 0. The van der Waals surface area contributed by atoms with E-state index in [9.17, 15) is 0 Å². The molecule has 0 amide bonds. The predicted octanol–water partition coefficient (Wildman–Crippen LogP) is 5.39. The maximum absolute atomic E-state index is 4.74. The summed E-state index contributed by atoms with van der Waals surface area (Å²) in [5, 5.41) is 0. The van der Waals surface area contributed by atoms with Crippen LogP contribution in [0.25, 0.3) is 0 Å². The molecule has 0 aliphatic rings. The average molecular weight is 306 g/mol. The fourth-order valence-electron chi connectivity index (χ4n) is 2.97. The van der Waals surface area contributed by atoms with Gasteiger partial charge in [0.15, 0.2) is 0 Å². The van der Waals surface area contributed by atoms with Crippen LogP contribution < -0.4 is 0 Å². The molecule has 126 valence electrons. The van der Waals surface area contributed by atoms with Gasteiger partial charge in [-0.2, -0.15) is 0 Å². The van der Waals surface area contributed by atoms with Crippen LogP contribution in [0.4, 0.5) is 0 Å². The quantitative estimate of drug-likeness (QED) is 0.519. The zero-order chi connectivity index (χ0) is 16.2. The SMILES string of the molecule is CCCCC(CC)Cc1ncnc(CC(CC)CCCC)n1. The van der Waals surface area contributed by atoms with E-state index in [0.717, 1.165) is 36.3 Å². The fourth-order valence-corrected chi connectivity index (χ4v) is 2.97. The zero-order valence-electron chi connectivity index (χ0n) is 15.1. The molecule has 0 fully saturated rings. The first-order valence-corrected chi connectivity index (χ1v) is 9.40. The average Bonchev–Trinajstić information content (AvgIpc) is 2.55. The van der Waals surface area contributed by atoms with Gasteiger partial charge in [-0.15, -0.1) is 0 Å². The van der Waals surface area contributed by atoms with Gasteiger partial charge in [-0.05, 0) is 11.8 Å². The van der Waals surface area contributed by atoms with E-state index in [1.165, 1.54) is 51.4 Å². The number of nitrogens with zero attached hydrogens (tertiary/aromatic N) is 3. The highest BCUT2D eigenvalue weighted by Gasteiger charge is 2.13. The van der Waals surface area contributed by atoms with Crippen LogP contribution in [0.2, 0.25) is 0 Å². The summed E-state index contributed by atoms with van der Waals surface area (Å²) >= 11 is 0. The van der Waals surface area contributed by atoms with E-state index in [1.54, 1.807) is 6.33 Å². The third-order valence-corrected chi connectivity index (χ3v) is 4.70. The second kappa shape index (κ2) is 11.6. The topological polar surface area (TPSA) is 38.7 Å². The molecule has 0 saturated carbocycles. The Labute approximate surface area is 137 Å². The van der Waals surface area contributed by atoms with Gasteiger partial charge in [-0.3, -0.25) is 0 Å². The van der Waals surface area contributed by atoms with Gasteiger partial charge in [0.25, 0.3) is 0 Å². The first kappa shape index (κ1) is 19.1. The molecule has 1 aromatic heterocycles. The molecular weight excluding hydrogens is 270 g/mol. The summed E-state index contributed by atoms with van der Waals surface area (Å²) in [6.45, 7) is 9.07. The molecule has 1 rings (SSSR count). The molecule has 2 unspecified atom stereocenters. The van der Waals surface area contributed by atoms with Gasteiger partial charge in [0.2, 0.25) is 0 Å². The lowest BCUT2D eigenvalue weighted by atomic mass is 9.95. The fraction of sp³-hybridized carbons (Fsp3) is 0.842. The van der Waals surface area contributed by atoms with E-state index >= 15 is 0 Å². The van der Waals surface area contributed by atoms with Crippen LogP contribution in [0.1, 0.15) is 90.7 Å². The van der Waals surface area contributed by atoms with Crippen molar-refractivity contribution in [2.45, 2.75) is 91.9 Å². The molecular formula is C19H35N3. The third kappa shape index (κ3) is 7.33. The Morgan fingerprint density at radius 3 is 1.59 bits per heavy atom. The first-order valence-electron chi connectivity index (χ1n) is 9.40. The van der Waals surface area contributed by atoms with Crippen LogP contribution in [0, 0.1) is 11.8 Å². The second-order valence-corrected chi connectivity index (χ2v) is 6.56. The summed E-state index contributed by atoms with van der Waals surface area (Å²) in [6.07, 6.45) is 13.9. The highest BCUT2D eigenvalue weighted by Crippen LogP contribution is 2.18. The standard InChI is InChI=1S/C19H35N3/c1-5-9-11-16(7-3)13-18-20-15-21-19(22-18)14-17(8-4)12-10-6-2/h15-17H,5-14H2,1-4H3. The number of hydrogen-bond acceptors (Lipinski definition) is 3. The lowest BCUT2D eigenvalue weighted by Crippen LogP contribution is -2.12. The lowest BCUT2D eigenvalue weighted by molar-refractivity contribution is 0.427. The number of rotatable bonds is 12. The van der Waals surface area contributed by atoms with Crippen molar-refractivity contribution < 1.29 is 0 Å². The molecule has 1 heterocycles. The molecule has 0 aliphatic carbocycles. The van der Waals surface area contributed by atoms with Crippen LogP contribution >= 0.6 is 0 Å². The van der Waals surface area contributed by atoms with Gasteiger partial charge in [0.1, 0.15) is 18.0 Å². The predicted molar refractivity (Wildman–Crippen MR) is 93.8 cm³/mol. The van der Waals surface area contributed by atoms with E-state index in [2.05, 4.69) is 37.7 Å². The van der Waals surface area contributed by atoms with E-state index in [1.807, 2.05) is 0 Å². The summed E-state index contributed by atoms with van der Waals surface area (Å²) in [5.74, 6) is 3.44. The van der Waals surface area contributed by atoms with Crippen molar-refractivity contribution >= 4 is 0 Å².